The number of nitrogens with zero attached hydrogens (tertiary/aromatic N) is 1. The molecule has 1 aromatic carbocycles. The van der Waals surface area contributed by atoms with Crippen molar-refractivity contribution in [1.29, 1.82) is 0 Å². The van der Waals surface area contributed by atoms with Crippen molar-refractivity contribution in [2.75, 3.05) is 25.9 Å². The average molecular weight is 222 g/mol. The van der Waals surface area contributed by atoms with E-state index in [1.807, 2.05) is 12.1 Å². The smallest absolute Gasteiger partial charge is 0.141 e. The maximum absolute atomic E-state index is 5.88. The lowest BCUT2D eigenvalue weighted by Gasteiger charge is -2.20. The number of hydrogen-bond donors (Lipinski definition) is 1. The Bertz CT molecular complexity index is 326. The van der Waals surface area contributed by atoms with E-state index < -0.39 is 0 Å². The van der Waals surface area contributed by atoms with Gasteiger partial charge in [0.25, 0.3) is 0 Å². The third kappa shape index (κ3) is 3.42. The first kappa shape index (κ1) is 12.8. The van der Waals surface area contributed by atoms with Crippen LogP contribution in [0.25, 0.3) is 0 Å². The van der Waals surface area contributed by atoms with E-state index in [0.29, 0.717) is 5.69 Å². The van der Waals surface area contributed by atoms with Crippen LogP contribution in [0, 0.1) is 0 Å². The van der Waals surface area contributed by atoms with Gasteiger partial charge in [-0.05, 0) is 37.2 Å². The summed E-state index contributed by atoms with van der Waals surface area (Å²) < 4.78 is 5.14. The molecular formula is C13H22N2O. The van der Waals surface area contributed by atoms with Crippen LogP contribution in [0.15, 0.2) is 18.2 Å². The van der Waals surface area contributed by atoms with E-state index in [-0.39, 0.29) is 0 Å². The minimum Gasteiger partial charge on any atom is -0.495 e. The van der Waals surface area contributed by atoms with Crippen LogP contribution in [0.3, 0.4) is 0 Å². The van der Waals surface area contributed by atoms with Crippen molar-refractivity contribution in [2.24, 2.45) is 0 Å². The van der Waals surface area contributed by atoms with Crippen molar-refractivity contribution in [1.82, 2.24) is 4.90 Å². The summed E-state index contributed by atoms with van der Waals surface area (Å²) in [5.41, 5.74) is 7.84. The van der Waals surface area contributed by atoms with Crippen LogP contribution < -0.4 is 10.5 Å². The maximum Gasteiger partial charge on any atom is 0.141 e. The van der Waals surface area contributed by atoms with Gasteiger partial charge < -0.3 is 10.5 Å². The standard InChI is InChI=1S/C13H22N2O/c1-4-8-15(5-2)10-11-6-7-13(16-3)12(14)9-11/h6-7,9H,4-5,8,10,14H2,1-3H3. The first-order valence-electron chi connectivity index (χ1n) is 5.86. The molecule has 1 rings (SSSR count). The highest BCUT2D eigenvalue weighted by Gasteiger charge is 2.05. The van der Waals surface area contributed by atoms with Crippen LogP contribution in [0.2, 0.25) is 0 Å². The fourth-order valence-electron chi connectivity index (χ4n) is 1.81. The summed E-state index contributed by atoms with van der Waals surface area (Å²) in [5.74, 6) is 0.752. The van der Waals surface area contributed by atoms with Crippen LogP contribution in [0.5, 0.6) is 5.75 Å². The fourth-order valence-corrected chi connectivity index (χ4v) is 1.81. The van der Waals surface area contributed by atoms with Crippen molar-refractivity contribution in [3.63, 3.8) is 0 Å². The highest BCUT2D eigenvalue weighted by molar-refractivity contribution is 5.54. The number of methoxy groups -OCH3 is 1. The molecule has 0 saturated heterocycles. The topological polar surface area (TPSA) is 38.5 Å². The molecule has 2 N–H and O–H groups in total. The van der Waals surface area contributed by atoms with Gasteiger partial charge >= 0.3 is 0 Å². The van der Waals surface area contributed by atoms with E-state index in [1.165, 1.54) is 12.0 Å². The SMILES string of the molecule is CCCN(CC)Cc1ccc(OC)c(N)c1. The third-order valence-electron chi connectivity index (χ3n) is 2.69. The second-order valence-electron chi connectivity index (χ2n) is 3.95. The Morgan fingerprint density at radius 2 is 2.06 bits per heavy atom. The second kappa shape index (κ2) is 6.38. The minimum absolute atomic E-state index is 0.715. The Balaban J connectivity index is 2.69. The Morgan fingerprint density at radius 3 is 2.56 bits per heavy atom. The number of nitrogens with two attached hydrogens (primary N) is 1. The molecule has 0 bridgehead atoms. The molecule has 3 heteroatoms. The van der Waals surface area contributed by atoms with Crippen molar-refractivity contribution in [3.8, 4) is 5.75 Å². The molecule has 0 heterocycles. The van der Waals surface area contributed by atoms with Crippen LogP contribution in [-0.4, -0.2) is 25.1 Å². The molecule has 0 aromatic heterocycles. The number of benzene rings is 1. The highest BCUT2D eigenvalue weighted by atomic mass is 16.5. The first-order chi connectivity index (χ1) is 7.71. The molecule has 90 valence electrons. The largest absolute Gasteiger partial charge is 0.495 e. The van der Waals surface area contributed by atoms with Crippen LogP contribution >= 0.6 is 0 Å². The second-order valence-corrected chi connectivity index (χ2v) is 3.95. The summed E-state index contributed by atoms with van der Waals surface area (Å²) in [6, 6.07) is 6.01. The molecule has 0 aliphatic carbocycles. The maximum atomic E-state index is 5.88. The van der Waals surface area contributed by atoms with Crippen molar-refractivity contribution >= 4 is 5.69 Å². The summed E-state index contributed by atoms with van der Waals surface area (Å²) in [7, 11) is 1.64. The quantitative estimate of drug-likeness (QED) is 0.752. The monoisotopic (exact) mass is 222 g/mol. The lowest BCUT2D eigenvalue weighted by atomic mass is 10.1. The number of anilines is 1. The van der Waals surface area contributed by atoms with Gasteiger partial charge in [0.2, 0.25) is 0 Å². The summed E-state index contributed by atoms with van der Waals surface area (Å²) in [6.45, 7) is 7.54. The zero-order valence-corrected chi connectivity index (χ0v) is 10.5. The van der Waals surface area contributed by atoms with Gasteiger partial charge in [-0.25, -0.2) is 0 Å². The summed E-state index contributed by atoms with van der Waals surface area (Å²) in [5, 5.41) is 0. The Hall–Kier alpha value is -1.22. The molecule has 1 aromatic rings. The van der Waals surface area contributed by atoms with Gasteiger partial charge in [0.05, 0.1) is 12.8 Å². The lowest BCUT2D eigenvalue weighted by molar-refractivity contribution is 0.280. The zero-order chi connectivity index (χ0) is 12.0. The zero-order valence-electron chi connectivity index (χ0n) is 10.5. The molecule has 0 atom stereocenters. The van der Waals surface area contributed by atoms with Crippen molar-refractivity contribution in [3.05, 3.63) is 23.8 Å². The predicted molar refractivity (Wildman–Crippen MR) is 68.6 cm³/mol. The van der Waals surface area contributed by atoms with Gasteiger partial charge in [0, 0.05) is 6.54 Å². The highest BCUT2D eigenvalue weighted by Crippen LogP contribution is 2.22. The molecule has 0 unspecified atom stereocenters. The molecule has 0 aliphatic rings. The summed E-state index contributed by atoms with van der Waals surface area (Å²) in [6.07, 6.45) is 1.18. The van der Waals surface area contributed by atoms with Gasteiger partial charge in [0.1, 0.15) is 5.75 Å². The molecular weight excluding hydrogens is 200 g/mol. The van der Waals surface area contributed by atoms with Gasteiger partial charge in [0.15, 0.2) is 0 Å². The Kier molecular flexibility index (Phi) is 5.12. The van der Waals surface area contributed by atoms with E-state index >= 15 is 0 Å². The van der Waals surface area contributed by atoms with Gasteiger partial charge in [-0.2, -0.15) is 0 Å². The molecule has 0 aliphatic heterocycles. The summed E-state index contributed by atoms with van der Waals surface area (Å²) in [4.78, 5) is 2.40. The number of rotatable bonds is 6. The molecule has 0 saturated carbocycles. The average Bonchev–Trinajstić information content (AvgIpc) is 2.28. The molecule has 0 radical (unpaired) electrons. The summed E-state index contributed by atoms with van der Waals surface area (Å²) >= 11 is 0. The van der Waals surface area contributed by atoms with Crippen LogP contribution in [0.4, 0.5) is 5.69 Å². The molecule has 3 nitrogen and oxygen atoms in total. The number of hydrogen-bond acceptors (Lipinski definition) is 3. The van der Waals surface area contributed by atoms with Crippen molar-refractivity contribution in [2.45, 2.75) is 26.8 Å². The van der Waals surface area contributed by atoms with Gasteiger partial charge in [-0.15, -0.1) is 0 Å². The normalized spacial score (nSPS) is 10.8. The Labute approximate surface area is 98.2 Å². The van der Waals surface area contributed by atoms with E-state index in [1.54, 1.807) is 7.11 Å². The Morgan fingerprint density at radius 1 is 1.31 bits per heavy atom. The third-order valence-corrected chi connectivity index (χ3v) is 2.69. The number of ether oxygens (including phenoxy) is 1. The van der Waals surface area contributed by atoms with Gasteiger partial charge in [-0.3, -0.25) is 4.90 Å². The predicted octanol–water partition coefficient (Wildman–Crippen LogP) is 2.51. The lowest BCUT2D eigenvalue weighted by Crippen LogP contribution is -2.23. The van der Waals surface area contributed by atoms with E-state index in [9.17, 15) is 0 Å². The fraction of sp³-hybridized carbons (Fsp3) is 0.538. The van der Waals surface area contributed by atoms with E-state index in [0.717, 1.165) is 25.4 Å². The molecule has 0 spiro atoms. The van der Waals surface area contributed by atoms with Crippen molar-refractivity contribution < 1.29 is 4.74 Å². The molecule has 0 amide bonds. The first-order valence-corrected chi connectivity index (χ1v) is 5.86. The van der Waals surface area contributed by atoms with E-state index in [4.69, 9.17) is 10.5 Å². The molecule has 0 fully saturated rings. The number of nitrogen functional groups attached to an aromatic ring is 1. The van der Waals surface area contributed by atoms with Gasteiger partial charge in [-0.1, -0.05) is 19.9 Å². The van der Waals surface area contributed by atoms with Crippen LogP contribution in [-0.2, 0) is 6.54 Å². The van der Waals surface area contributed by atoms with E-state index in [2.05, 4.69) is 24.8 Å². The molecule has 16 heavy (non-hydrogen) atoms. The van der Waals surface area contributed by atoms with Crippen LogP contribution in [0.1, 0.15) is 25.8 Å². The minimum atomic E-state index is 0.715.